The third-order valence-electron chi connectivity index (χ3n) is 4.99. The number of ether oxygens (including phenoxy) is 1. The Bertz CT molecular complexity index is 979. The lowest BCUT2D eigenvalue weighted by Gasteiger charge is -2.11. The van der Waals surface area contributed by atoms with Gasteiger partial charge < -0.3 is 10.1 Å². The van der Waals surface area contributed by atoms with E-state index in [0.29, 0.717) is 35.1 Å². The number of nitrogens with zero attached hydrogens (tertiary/aromatic N) is 3. The van der Waals surface area contributed by atoms with E-state index < -0.39 is 5.82 Å². The minimum absolute atomic E-state index is 0.139. The number of fused-ring (bicyclic) bond motifs is 1. The number of carbonyl (C=O) groups excluding carboxylic acids is 1. The Balaban J connectivity index is 1.57. The predicted octanol–water partition coefficient (Wildman–Crippen LogP) is 4.06. The number of imidazole rings is 1. The zero-order valence-electron chi connectivity index (χ0n) is 15.1. The zero-order valence-corrected chi connectivity index (χ0v) is 15.1. The molecule has 27 heavy (non-hydrogen) atoms. The van der Waals surface area contributed by atoms with E-state index >= 15 is 0 Å². The van der Waals surface area contributed by atoms with E-state index in [2.05, 4.69) is 15.4 Å². The smallest absolute Gasteiger partial charge is 0.231 e. The molecule has 1 amide bonds. The first-order chi connectivity index (χ1) is 13.1. The van der Waals surface area contributed by atoms with E-state index in [1.165, 1.54) is 18.9 Å². The molecule has 0 spiro atoms. The lowest BCUT2D eigenvalue weighted by atomic mass is 10.0. The van der Waals surface area contributed by atoms with Crippen molar-refractivity contribution in [3.63, 3.8) is 0 Å². The zero-order chi connectivity index (χ0) is 18.8. The molecule has 2 heterocycles. The summed E-state index contributed by atoms with van der Waals surface area (Å²) in [7, 11) is 1.55. The predicted molar refractivity (Wildman–Crippen MR) is 100 cm³/mol. The average Bonchev–Trinajstić information content (AvgIpc) is 3.32. The maximum Gasteiger partial charge on any atom is 0.231 e. The Morgan fingerprint density at radius 1 is 1.30 bits per heavy atom. The van der Waals surface area contributed by atoms with Crippen LogP contribution in [0.1, 0.15) is 32.1 Å². The van der Waals surface area contributed by atoms with Crippen LogP contribution in [0.4, 0.5) is 10.1 Å². The molecular weight excluding hydrogens is 347 g/mol. The summed E-state index contributed by atoms with van der Waals surface area (Å²) in [5, 5.41) is 6.99. The van der Waals surface area contributed by atoms with Gasteiger partial charge in [-0.1, -0.05) is 12.8 Å². The van der Waals surface area contributed by atoms with Gasteiger partial charge in [0, 0.05) is 18.1 Å². The van der Waals surface area contributed by atoms with Crippen LogP contribution in [0.5, 0.6) is 5.88 Å². The summed E-state index contributed by atoms with van der Waals surface area (Å²) >= 11 is 0. The summed E-state index contributed by atoms with van der Waals surface area (Å²) in [5.41, 5.74) is 2.18. The molecule has 1 aliphatic carbocycles. The monoisotopic (exact) mass is 368 g/mol. The number of nitrogens with one attached hydrogen (secondary N) is 1. The molecular formula is C20H21FN4O2. The van der Waals surface area contributed by atoms with Crippen LogP contribution in [0.2, 0.25) is 0 Å². The maximum atomic E-state index is 14.2. The van der Waals surface area contributed by atoms with Crippen molar-refractivity contribution in [3.05, 3.63) is 42.3 Å². The number of halogens is 1. The van der Waals surface area contributed by atoms with Crippen molar-refractivity contribution >= 4 is 17.2 Å². The summed E-state index contributed by atoms with van der Waals surface area (Å²) in [5.74, 6) is 0.294. The Kier molecular flexibility index (Phi) is 4.75. The molecule has 3 aromatic rings. The molecule has 1 N–H and O–H groups in total. The number of methoxy groups -OCH3 is 1. The molecule has 1 aliphatic rings. The molecule has 0 aliphatic heterocycles. The van der Waals surface area contributed by atoms with Crippen LogP contribution in [-0.4, -0.2) is 27.6 Å². The summed E-state index contributed by atoms with van der Waals surface area (Å²) < 4.78 is 20.9. The molecule has 0 bridgehead atoms. The molecule has 4 rings (SSSR count). The largest absolute Gasteiger partial charge is 0.480 e. The van der Waals surface area contributed by atoms with Crippen molar-refractivity contribution in [2.24, 2.45) is 5.92 Å². The normalized spacial score (nSPS) is 14.6. The summed E-state index contributed by atoms with van der Waals surface area (Å²) in [4.78, 5) is 16.8. The van der Waals surface area contributed by atoms with Crippen molar-refractivity contribution in [3.8, 4) is 17.1 Å². The second-order valence-corrected chi connectivity index (χ2v) is 6.90. The second-order valence-electron chi connectivity index (χ2n) is 6.90. The fraction of sp³-hybridized carbons (Fsp3) is 0.350. The van der Waals surface area contributed by atoms with Crippen LogP contribution in [0.25, 0.3) is 16.9 Å². The average molecular weight is 368 g/mol. The number of hydrogen-bond donors (Lipinski definition) is 1. The van der Waals surface area contributed by atoms with Gasteiger partial charge in [0.2, 0.25) is 11.8 Å². The van der Waals surface area contributed by atoms with Crippen LogP contribution in [0.3, 0.4) is 0 Å². The van der Waals surface area contributed by atoms with Crippen LogP contribution in [0.15, 0.2) is 36.5 Å². The molecule has 0 radical (unpaired) electrons. The standard InChI is InChI=1S/C20H21FN4O2/c1-27-20-9-8-18-22-17(12-25(18)24-20)14-6-7-15(21)16(11-14)23-19(26)10-13-4-2-3-5-13/h6-9,11-13H,2-5,10H2,1H3,(H,23,26). The quantitative estimate of drug-likeness (QED) is 0.737. The molecule has 0 atom stereocenters. The maximum absolute atomic E-state index is 14.2. The number of carbonyl (C=O) groups is 1. The molecule has 0 saturated heterocycles. The molecule has 6 nitrogen and oxygen atoms in total. The second kappa shape index (κ2) is 7.34. The van der Waals surface area contributed by atoms with Gasteiger partial charge in [-0.3, -0.25) is 4.79 Å². The Morgan fingerprint density at radius 3 is 2.89 bits per heavy atom. The summed E-state index contributed by atoms with van der Waals surface area (Å²) in [6, 6.07) is 8.12. The van der Waals surface area contributed by atoms with E-state index in [1.807, 2.05) is 0 Å². The van der Waals surface area contributed by atoms with Crippen molar-refractivity contribution in [2.45, 2.75) is 32.1 Å². The lowest BCUT2D eigenvalue weighted by Crippen LogP contribution is -2.16. The SMILES string of the molecule is COc1ccc2nc(-c3ccc(F)c(NC(=O)CC4CCCC4)c3)cn2n1. The molecule has 140 valence electrons. The number of rotatable bonds is 5. The number of benzene rings is 1. The topological polar surface area (TPSA) is 68.5 Å². The molecule has 1 fully saturated rings. The minimum Gasteiger partial charge on any atom is -0.480 e. The van der Waals surface area contributed by atoms with E-state index in [1.54, 1.807) is 42.1 Å². The van der Waals surface area contributed by atoms with Crippen molar-refractivity contribution in [2.75, 3.05) is 12.4 Å². The first kappa shape index (κ1) is 17.5. The van der Waals surface area contributed by atoms with Gasteiger partial charge in [-0.25, -0.2) is 13.9 Å². The first-order valence-corrected chi connectivity index (χ1v) is 9.12. The highest BCUT2D eigenvalue weighted by Gasteiger charge is 2.19. The molecule has 1 saturated carbocycles. The van der Waals surface area contributed by atoms with Gasteiger partial charge >= 0.3 is 0 Å². The Hall–Kier alpha value is -2.96. The molecule has 0 unspecified atom stereocenters. The number of hydrogen-bond acceptors (Lipinski definition) is 4. The van der Waals surface area contributed by atoms with Crippen LogP contribution in [-0.2, 0) is 4.79 Å². The highest BCUT2D eigenvalue weighted by atomic mass is 19.1. The fourth-order valence-corrected chi connectivity index (χ4v) is 3.57. The first-order valence-electron chi connectivity index (χ1n) is 9.12. The molecule has 1 aromatic carbocycles. The van der Waals surface area contributed by atoms with Gasteiger partial charge in [0.1, 0.15) is 5.82 Å². The van der Waals surface area contributed by atoms with Crippen molar-refractivity contribution in [1.29, 1.82) is 0 Å². The fourth-order valence-electron chi connectivity index (χ4n) is 3.57. The Labute approximate surface area is 156 Å². The third-order valence-corrected chi connectivity index (χ3v) is 4.99. The number of anilines is 1. The lowest BCUT2D eigenvalue weighted by molar-refractivity contribution is -0.117. The van der Waals surface area contributed by atoms with E-state index in [9.17, 15) is 9.18 Å². The van der Waals surface area contributed by atoms with Crippen molar-refractivity contribution < 1.29 is 13.9 Å². The summed E-state index contributed by atoms with van der Waals surface area (Å²) in [6.07, 6.45) is 6.70. The number of aromatic nitrogens is 3. The minimum atomic E-state index is -0.456. The van der Waals surface area contributed by atoms with Crippen LogP contribution < -0.4 is 10.1 Å². The van der Waals surface area contributed by atoms with Gasteiger partial charge in [-0.05, 0) is 43.0 Å². The third kappa shape index (κ3) is 3.77. The van der Waals surface area contributed by atoms with Gasteiger partial charge in [0.15, 0.2) is 5.65 Å². The van der Waals surface area contributed by atoms with Gasteiger partial charge in [-0.2, -0.15) is 0 Å². The molecule has 7 heteroatoms. The van der Waals surface area contributed by atoms with Gasteiger partial charge in [0.25, 0.3) is 0 Å². The highest BCUT2D eigenvalue weighted by molar-refractivity contribution is 5.91. The van der Waals surface area contributed by atoms with E-state index in [4.69, 9.17) is 4.74 Å². The molecule has 2 aromatic heterocycles. The number of amides is 1. The Morgan fingerprint density at radius 2 is 2.11 bits per heavy atom. The summed E-state index contributed by atoms with van der Waals surface area (Å²) in [6.45, 7) is 0. The van der Waals surface area contributed by atoms with Crippen molar-refractivity contribution in [1.82, 2.24) is 14.6 Å². The van der Waals surface area contributed by atoms with Gasteiger partial charge in [0.05, 0.1) is 24.7 Å². The van der Waals surface area contributed by atoms with Gasteiger partial charge in [-0.15, -0.1) is 5.10 Å². The highest BCUT2D eigenvalue weighted by Crippen LogP contribution is 2.29. The van der Waals surface area contributed by atoms with Crippen LogP contribution in [0, 0.1) is 11.7 Å². The van der Waals surface area contributed by atoms with E-state index in [-0.39, 0.29) is 11.6 Å². The van der Waals surface area contributed by atoms with E-state index in [0.717, 1.165) is 12.8 Å². The van der Waals surface area contributed by atoms with Crippen LogP contribution >= 0.6 is 0 Å².